The van der Waals surface area contributed by atoms with E-state index in [1.165, 1.54) is 18.0 Å². The van der Waals surface area contributed by atoms with Crippen molar-refractivity contribution < 1.29 is 30.6 Å². The van der Waals surface area contributed by atoms with Crippen LogP contribution < -0.4 is 9.92 Å². The van der Waals surface area contributed by atoms with E-state index in [2.05, 4.69) is 9.18 Å². The van der Waals surface area contributed by atoms with Crippen LogP contribution in [0, 0.1) is 0 Å². The van der Waals surface area contributed by atoms with Gasteiger partial charge in [-0.15, -0.1) is 0 Å². The number of rotatable bonds is 5. The van der Waals surface area contributed by atoms with E-state index in [4.69, 9.17) is 5.73 Å². The van der Waals surface area contributed by atoms with Gasteiger partial charge in [0.05, 0.1) is 0 Å². The molecular formula is C23H18F3N3O4S. The number of nitrogens with zero attached hydrogens (tertiary/aromatic N) is 2. The Morgan fingerprint density at radius 1 is 0.912 bits per heavy atom. The molecule has 0 spiro atoms. The molecule has 0 aromatic heterocycles. The number of benzene rings is 3. The first kappa shape index (κ1) is 23.3. The van der Waals surface area contributed by atoms with Crippen LogP contribution in [0.15, 0.2) is 83.9 Å². The van der Waals surface area contributed by atoms with Gasteiger partial charge in [0, 0.05) is 7.05 Å². The number of aliphatic imine (C=N–C) groups is 1. The highest BCUT2D eigenvalue weighted by Crippen LogP contribution is 2.40. The molecule has 0 radical (unpaired) electrons. The smallest absolute Gasteiger partial charge is 0.376 e. The SMILES string of the molecule is CN1C(=O)C(c2ccccc2)(c2cccc(-c3cccc(OS(=O)(=O)C(F)(F)F)c3)c2)N=C1N. The third-order valence-electron chi connectivity index (χ3n) is 5.37. The van der Waals surface area contributed by atoms with E-state index in [0.717, 1.165) is 12.1 Å². The number of hydrogen-bond donors (Lipinski definition) is 1. The maximum Gasteiger partial charge on any atom is 0.534 e. The van der Waals surface area contributed by atoms with Crippen LogP contribution in [0.2, 0.25) is 0 Å². The highest BCUT2D eigenvalue weighted by molar-refractivity contribution is 7.88. The lowest BCUT2D eigenvalue weighted by Gasteiger charge is -2.26. The lowest BCUT2D eigenvalue weighted by atomic mass is 9.82. The van der Waals surface area contributed by atoms with Crippen molar-refractivity contribution >= 4 is 22.0 Å². The number of carbonyl (C=O) groups is 1. The fraction of sp³-hybridized carbons (Fsp3) is 0.130. The summed E-state index contributed by atoms with van der Waals surface area (Å²) in [5.41, 5.74) is 0.885. The maximum absolute atomic E-state index is 13.3. The van der Waals surface area contributed by atoms with Gasteiger partial charge in [-0.3, -0.25) is 9.69 Å². The van der Waals surface area contributed by atoms with Crippen molar-refractivity contribution in [2.45, 2.75) is 11.0 Å². The monoisotopic (exact) mass is 489 g/mol. The highest BCUT2D eigenvalue weighted by Gasteiger charge is 2.50. The topological polar surface area (TPSA) is 102 Å². The summed E-state index contributed by atoms with van der Waals surface area (Å²) in [4.78, 5) is 19.1. The predicted molar refractivity (Wildman–Crippen MR) is 119 cm³/mol. The maximum atomic E-state index is 13.3. The molecule has 1 unspecified atom stereocenters. The summed E-state index contributed by atoms with van der Waals surface area (Å²) in [5.74, 6) is -0.842. The third kappa shape index (κ3) is 3.87. The van der Waals surface area contributed by atoms with Crippen LogP contribution in [0.3, 0.4) is 0 Å². The lowest BCUT2D eigenvalue weighted by molar-refractivity contribution is -0.129. The van der Waals surface area contributed by atoms with Crippen molar-refractivity contribution in [1.82, 2.24) is 4.90 Å². The summed E-state index contributed by atoms with van der Waals surface area (Å²) in [7, 11) is -4.31. The van der Waals surface area contributed by atoms with Gasteiger partial charge >= 0.3 is 15.6 Å². The fourth-order valence-electron chi connectivity index (χ4n) is 3.69. The first-order valence-corrected chi connectivity index (χ1v) is 11.3. The van der Waals surface area contributed by atoms with Gasteiger partial charge in [-0.25, -0.2) is 4.99 Å². The molecule has 0 saturated carbocycles. The summed E-state index contributed by atoms with van der Waals surface area (Å²) >= 11 is 0. The van der Waals surface area contributed by atoms with Crippen molar-refractivity contribution in [3.8, 4) is 16.9 Å². The molecule has 34 heavy (non-hydrogen) atoms. The third-order valence-corrected chi connectivity index (χ3v) is 6.35. The average Bonchev–Trinajstić information content (AvgIpc) is 3.04. The van der Waals surface area contributed by atoms with Crippen molar-refractivity contribution in [2.75, 3.05) is 7.05 Å². The number of halogens is 3. The standard InChI is InChI=1S/C23H18F3N3O4S/c1-29-20(30)22(28-21(29)27,17-9-3-2-4-10-17)18-11-5-7-15(13-18)16-8-6-12-19(14-16)33-34(31,32)23(24,25)26/h2-14H,1H3,(H2,27,28). The first-order chi connectivity index (χ1) is 16.0. The molecule has 0 saturated heterocycles. The van der Waals surface area contributed by atoms with E-state index in [0.29, 0.717) is 22.3 Å². The number of likely N-dealkylation sites (N-methyl/N-ethyl adjacent to an activating group) is 1. The van der Waals surface area contributed by atoms with Gasteiger partial charge in [0.2, 0.25) is 0 Å². The van der Waals surface area contributed by atoms with Gasteiger partial charge in [-0.2, -0.15) is 21.6 Å². The minimum Gasteiger partial charge on any atom is -0.376 e. The van der Waals surface area contributed by atoms with Crippen molar-refractivity contribution in [3.05, 3.63) is 90.0 Å². The molecule has 4 rings (SSSR count). The molecule has 0 aliphatic carbocycles. The van der Waals surface area contributed by atoms with Gasteiger partial charge in [-0.1, -0.05) is 60.7 Å². The molecule has 3 aromatic rings. The Labute approximate surface area is 193 Å². The van der Waals surface area contributed by atoms with E-state index < -0.39 is 26.9 Å². The zero-order valence-electron chi connectivity index (χ0n) is 17.7. The molecule has 1 aliphatic heterocycles. The Morgan fingerprint density at radius 3 is 2.09 bits per heavy atom. The molecule has 1 atom stereocenters. The number of carbonyl (C=O) groups excluding carboxylic acids is 1. The van der Waals surface area contributed by atoms with E-state index in [1.807, 2.05) is 0 Å². The molecule has 1 aliphatic rings. The molecule has 7 nitrogen and oxygen atoms in total. The number of guanidine groups is 1. The Morgan fingerprint density at radius 2 is 1.50 bits per heavy atom. The molecule has 176 valence electrons. The van der Waals surface area contributed by atoms with E-state index in [9.17, 15) is 26.4 Å². The largest absolute Gasteiger partial charge is 0.534 e. The summed E-state index contributed by atoms with van der Waals surface area (Å²) in [5, 5.41) is 0. The second kappa shape index (κ2) is 8.17. The number of hydrogen-bond acceptors (Lipinski definition) is 6. The zero-order chi connectivity index (χ0) is 24.7. The van der Waals surface area contributed by atoms with Gasteiger partial charge in [-0.05, 0) is 40.5 Å². The Hall–Kier alpha value is -3.86. The normalized spacial score (nSPS) is 18.6. The van der Waals surface area contributed by atoms with Crippen LogP contribution in [0.1, 0.15) is 11.1 Å². The highest BCUT2D eigenvalue weighted by atomic mass is 32.2. The van der Waals surface area contributed by atoms with Crippen LogP contribution in [0.25, 0.3) is 11.1 Å². The predicted octanol–water partition coefficient (Wildman–Crippen LogP) is 3.61. The van der Waals surface area contributed by atoms with Gasteiger partial charge in [0.15, 0.2) is 11.5 Å². The van der Waals surface area contributed by atoms with Gasteiger partial charge in [0.1, 0.15) is 5.75 Å². The summed E-state index contributed by atoms with van der Waals surface area (Å²) in [6.45, 7) is 0. The van der Waals surface area contributed by atoms with Crippen LogP contribution in [0.4, 0.5) is 13.2 Å². The molecule has 0 bridgehead atoms. The molecule has 2 N–H and O–H groups in total. The molecule has 1 amide bonds. The quantitative estimate of drug-likeness (QED) is 0.436. The van der Waals surface area contributed by atoms with E-state index in [-0.39, 0.29) is 11.9 Å². The second-order valence-electron chi connectivity index (χ2n) is 7.50. The van der Waals surface area contributed by atoms with Crippen LogP contribution in [-0.4, -0.2) is 37.7 Å². The number of nitrogens with two attached hydrogens (primary N) is 1. The fourth-order valence-corrected chi connectivity index (χ4v) is 4.14. The van der Waals surface area contributed by atoms with Gasteiger partial charge < -0.3 is 9.92 Å². The lowest BCUT2D eigenvalue weighted by Crippen LogP contribution is -2.41. The Bertz CT molecular complexity index is 1390. The minimum atomic E-state index is -5.82. The molecular weight excluding hydrogens is 471 g/mol. The first-order valence-electron chi connectivity index (χ1n) is 9.86. The van der Waals surface area contributed by atoms with E-state index in [1.54, 1.807) is 60.7 Å². The van der Waals surface area contributed by atoms with Crippen molar-refractivity contribution in [1.29, 1.82) is 0 Å². The second-order valence-corrected chi connectivity index (χ2v) is 9.04. The number of amides is 1. The van der Waals surface area contributed by atoms with Crippen LogP contribution >= 0.6 is 0 Å². The average molecular weight is 489 g/mol. The Kier molecular flexibility index (Phi) is 5.60. The molecule has 1 heterocycles. The molecule has 11 heteroatoms. The minimum absolute atomic E-state index is 0.0343. The van der Waals surface area contributed by atoms with Crippen molar-refractivity contribution in [3.63, 3.8) is 0 Å². The van der Waals surface area contributed by atoms with Gasteiger partial charge in [0.25, 0.3) is 5.91 Å². The Balaban J connectivity index is 1.80. The molecule has 0 fully saturated rings. The van der Waals surface area contributed by atoms with Crippen LogP contribution in [0.5, 0.6) is 5.75 Å². The molecule has 3 aromatic carbocycles. The van der Waals surface area contributed by atoms with E-state index >= 15 is 0 Å². The zero-order valence-corrected chi connectivity index (χ0v) is 18.5. The summed E-state index contributed by atoms with van der Waals surface area (Å²) < 4.78 is 65.1. The summed E-state index contributed by atoms with van der Waals surface area (Å²) in [6, 6.07) is 20.7. The number of alkyl halides is 3. The van der Waals surface area contributed by atoms with Crippen molar-refractivity contribution in [2.24, 2.45) is 10.7 Å². The van der Waals surface area contributed by atoms with Crippen LogP contribution in [-0.2, 0) is 20.5 Å². The summed E-state index contributed by atoms with van der Waals surface area (Å²) in [6.07, 6.45) is 0.